The van der Waals surface area contributed by atoms with Gasteiger partial charge in [-0.15, -0.1) is 11.8 Å². The molecule has 0 aliphatic rings. The molecule has 0 amide bonds. The van der Waals surface area contributed by atoms with Crippen molar-refractivity contribution in [3.63, 3.8) is 0 Å². The number of nitrogens with two attached hydrogens (primary N) is 1. The first-order chi connectivity index (χ1) is 6.65. The van der Waals surface area contributed by atoms with Crippen LogP contribution in [0, 0.1) is 5.82 Å². The molecule has 0 aromatic heterocycles. The van der Waals surface area contributed by atoms with Crippen molar-refractivity contribution in [2.45, 2.75) is 31.2 Å². The van der Waals surface area contributed by atoms with Gasteiger partial charge in [0.25, 0.3) is 0 Å². The van der Waals surface area contributed by atoms with E-state index in [0.29, 0.717) is 0 Å². The topological polar surface area (TPSA) is 26.0 Å². The van der Waals surface area contributed by atoms with Crippen LogP contribution in [0.3, 0.4) is 0 Å². The molecule has 1 rings (SSSR count). The van der Waals surface area contributed by atoms with Gasteiger partial charge in [0, 0.05) is 10.9 Å². The molecule has 78 valence electrons. The molecular formula is C11H16FNS. The van der Waals surface area contributed by atoms with Crippen LogP contribution < -0.4 is 5.73 Å². The zero-order chi connectivity index (χ0) is 10.6. The lowest BCUT2D eigenvalue weighted by atomic mass is 10.1. The van der Waals surface area contributed by atoms with Crippen LogP contribution in [0.5, 0.6) is 0 Å². The maximum Gasteiger partial charge on any atom is 0.137 e. The monoisotopic (exact) mass is 213 g/mol. The molecule has 1 aromatic rings. The SMILES string of the molecule is CCSc1c(F)cccc1CC(C)N. The summed E-state index contributed by atoms with van der Waals surface area (Å²) in [5, 5.41) is 0. The molecule has 1 nitrogen and oxygen atoms in total. The van der Waals surface area contributed by atoms with E-state index in [9.17, 15) is 4.39 Å². The summed E-state index contributed by atoms with van der Waals surface area (Å²) in [7, 11) is 0. The largest absolute Gasteiger partial charge is 0.328 e. The van der Waals surface area contributed by atoms with Crippen molar-refractivity contribution in [3.05, 3.63) is 29.6 Å². The van der Waals surface area contributed by atoms with E-state index in [1.165, 1.54) is 17.8 Å². The molecule has 0 radical (unpaired) electrons. The van der Waals surface area contributed by atoms with Crippen molar-refractivity contribution in [2.75, 3.05) is 5.75 Å². The van der Waals surface area contributed by atoms with Gasteiger partial charge in [0.1, 0.15) is 5.82 Å². The molecule has 0 aliphatic carbocycles. The molecule has 0 saturated carbocycles. The molecule has 0 bridgehead atoms. The Kier molecular flexibility index (Phi) is 4.42. The van der Waals surface area contributed by atoms with Gasteiger partial charge < -0.3 is 5.73 Å². The maximum atomic E-state index is 13.4. The van der Waals surface area contributed by atoms with Gasteiger partial charge in [-0.1, -0.05) is 19.1 Å². The van der Waals surface area contributed by atoms with Crippen molar-refractivity contribution >= 4 is 11.8 Å². The highest BCUT2D eigenvalue weighted by atomic mass is 32.2. The highest BCUT2D eigenvalue weighted by molar-refractivity contribution is 7.99. The molecule has 1 unspecified atom stereocenters. The van der Waals surface area contributed by atoms with Crippen molar-refractivity contribution in [3.8, 4) is 0 Å². The minimum absolute atomic E-state index is 0.0769. The Morgan fingerprint density at radius 2 is 2.21 bits per heavy atom. The van der Waals surface area contributed by atoms with Gasteiger partial charge in [-0.2, -0.15) is 0 Å². The van der Waals surface area contributed by atoms with Gasteiger partial charge in [-0.25, -0.2) is 4.39 Å². The van der Waals surface area contributed by atoms with E-state index >= 15 is 0 Å². The summed E-state index contributed by atoms with van der Waals surface area (Å²) in [6.45, 7) is 3.96. The molecular weight excluding hydrogens is 197 g/mol. The quantitative estimate of drug-likeness (QED) is 0.778. The van der Waals surface area contributed by atoms with E-state index < -0.39 is 0 Å². The van der Waals surface area contributed by atoms with Gasteiger partial charge in [0.15, 0.2) is 0 Å². The number of rotatable bonds is 4. The van der Waals surface area contributed by atoms with Crippen LogP contribution in [0.25, 0.3) is 0 Å². The summed E-state index contributed by atoms with van der Waals surface area (Å²) < 4.78 is 13.4. The molecule has 3 heteroatoms. The lowest BCUT2D eigenvalue weighted by Crippen LogP contribution is -2.18. The predicted molar refractivity (Wildman–Crippen MR) is 60.2 cm³/mol. The molecule has 0 fully saturated rings. The van der Waals surface area contributed by atoms with Gasteiger partial charge >= 0.3 is 0 Å². The molecule has 0 saturated heterocycles. The molecule has 1 aromatic carbocycles. The van der Waals surface area contributed by atoms with Gasteiger partial charge in [0.05, 0.1) is 0 Å². The third kappa shape index (κ3) is 3.00. The average molecular weight is 213 g/mol. The van der Waals surface area contributed by atoms with E-state index in [-0.39, 0.29) is 11.9 Å². The number of benzene rings is 1. The second-order valence-electron chi connectivity index (χ2n) is 3.34. The lowest BCUT2D eigenvalue weighted by molar-refractivity contribution is 0.593. The van der Waals surface area contributed by atoms with Crippen molar-refractivity contribution in [1.82, 2.24) is 0 Å². The second-order valence-corrected chi connectivity index (χ2v) is 4.62. The maximum absolute atomic E-state index is 13.4. The minimum atomic E-state index is -0.130. The van der Waals surface area contributed by atoms with Gasteiger partial charge in [0.2, 0.25) is 0 Å². The highest BCUT2D eigenvalue weighted by Crippen LogP contribution is 2.26. The van der Waals surface area contributed by atoms with E-state index in [4.69, 9.17) is 5.73 Å². The molecule has 1 atom stereocenters. The first kappa shape index (κ1) is 11.5. The third-order valence-corrected chi connectivity index (χ3v) is 2.91. The summed E-state index contributed by atoms with van der Waals surface area (Å²) in [6.07, 6.45) is 0.736. The normalized spacial score (nSPS) is 12.9. The molecule has 0 heterocycles. The molecule has 2 N–H and O–H groups in total. The van der Waals surface area contributed by atoms with E-state index in [1.807, 2.05) is 19.9 Å². The number of halogens is 1. The number of hydrogen-bond donors (Lipinski definition) is 1. The van der Waals surface area contributed by atoms with Crippen LogP contribution in [0.15, 0.2) is 23.1 Å². The van der Waals surface area contributed by atoms with Gasteiger partial charge in [-0.3, -0.25) is 0 Å². The van der Waals surface area contributed by atoms with E-state index in [0.717, 1.165) is 22.6 Å². The van der Waals surface area contributed by atoms with Crippen LogP contribution in [0.4, 0.5) is 4.39 Å². The van der Waals surface area contributed by atoms with Crippen molar-refractivity contribution < 1.29 is 4.39 Å². The Labute approximate surface area is 88.9 Å². The van der Waals surface area contributed by atoms with Crippen LogP contribution in [-0.2, 0) is 6.42 Å². The van der Waals surface area contributed by atoms with Crippen LogP contribution in [-0.4, -0.2) is 11.8 Å². The Balaban J connectivity index is 2.95. The summed E-state index contributed by atoms with van der Waals surface area (Å²) in [4.78, 5) is 0.757. The lowest BCUT2D eigenvalue weighted by Gasteiger charge is -2.11. The van der Waals surface area contributed by atoms with Crippen LogP contribution >= 0.6 is 11.8 Å². The smallest absolute Gasteiger partial charge is 0.137 e. The molecule has 14 heavy (non-hydrogen) atoms. The highest BCUT2D eigenvalue weighted by Gasteiger charge is 2.09. The molecule has 0 aliphatic heterocycles. The first-order valence-electron chi connectivity index (χ1n) is 4.81. The minimum Gasteiger partial charge on any atom is -0.328 e. The van der Waals surface area contributed by atoms with E-state index in [2.05, 4.69) is 0 Å². The zero-order valence-electron chi connectivity index (χ0n) is 8.59. The Bertz CT molecular complexity index is 299. The predicted octanol–water partition coefficient (Wildman–Crippen LogP) is 2.83. The van der Waals surface area contributed by atoms with Gasteiger partial charge in [-0.05, 0) is 30.7 Å². The Morgan fingerprint density at radius 1 is 1.50 bits per heavy atom. The summed E-state index contributed by atoms with van der Waals surface area (Å²) in [5.74, 6) is 0.752. The first-order valence-corrected chi connectivity index (χ1v) is 5.79. The Hall–Kier alpha value is -0.540. The summed E-state index contributed by atoms with van der Waals surface area (Å²) in [5.41, 5.74) is 6.73. The van der Waals surface area contributed by atoms with Crippen LogP contribution in [0.2, 0.25) is 0 Å². The zero-order valence-corrected chi connectivity index (χ0v) is 9.40. The van der Waals surface area contributed by atoms with E-state index in [1.54, 1.807) is 6.07 Å². The second kappa shape index (κ2) is 5.37. The number of thioether (sulfide) groups is 1. The standard InChI is InChI=1S/C11H16FNS/c1-3-14-11-9(7-8(2)13)5-4-6-10(11)12/h4-6,8H,3,7,13H2,1-2H3. The molecule has 0 spiro atoms. The van der Waals surface area contributed by atoms with Crippen molar-refractivity contribution in [2.24, 2.45) is 5.73 Å². The fourth-order valence-corrected chi connectivity index (χ4v) is 2.20. The number of hydrogen-bond acceptors (Lipinski definition) is 2. The summed E-state index contributed by atoms with van der Waals surface area (Å²) >= 11 is 1.54. The van der Waals surface area contributed by atoms with Crippen LogP contribution in [0.1, 0.15) is 19.4 Å². The fourth-order valence-electron chi connectivity index (χ4n) is 1.37. The summed E-state index contributed by atoms with van der Waals surface area (Å²) in [6, 6.07) is 5.27. The average Bonchev–Trinajstić information content (AvgIpc) is 2.10. The Morgan fingerprint density at radius 3 is 2.79 bits per heavy atom. The fraction of sp³-hybridized carbons (Fsp3) is 0.455. The van der Waals surface area contributed by atoms with Crippen molar-refractivity contribution in [1.29, 1.82) is 0 Å². The third-order valence-electron chi connectivity index (χ3n) is 1.88.